The number of ether oxygens (including phenoxy) is 1. The molecule has 2 atom stereocenters. The van der Waals surface area contributed by atoms with Gasteiger partial charge in [-0.25, -0.2) is 0 Å². The highest BCUT2D eigenvalue weighted by Crippen LogP contribution is 2.29. The number of likely N-dealkylation sites (tertiary alicyclic amines) is 1. The summed E-state index contributed by atoms with van der Waals surface area (Å²) in [5.74, 6) is 0.196. The second kappa shape index (κ2) is 11.0. The van der Waals surface area contributed by atoms with Gasteiger partial charge in [-0.1, -0.05) is 42.5 Å². The molecule has 30 heavy (non-hydrogen) atoms. The van der Waals surface area contributed by atoms with E-state index >= 15 is 0 Å². The van der Waals surface area contributed by atoms with Crippen LogP contribution in [0.2, 0.25) is 0 Å². The molecule has 1 aliphatic heterocycles. The molecule has 2 aromatic carbocycles. The fourth-order valence-electron chi connectivity index (χ4n) is 3.83. The van der Waals surface area contributed by atoms with Crippen LogP contribution in [0.5, 0.6) is 5.75 Å². The number of carbonyl (C=O) groups is 2. The Hall–Kier alpha value is -2.61. The Labute approximate surface area is 183 Å². The van der Waals surface area contributed by atoms with Crippen LogP contribution in [0.3, 0.4) is 0 Å². The molecule has 1 aliphatic rings. The summed E-state index contributed by atoms with van der Waals surface area (Å²) in [5.41, 5.74) is 13.5. The number of para-hydroxylation sites is 2. The highest BCUT2D eigenvalue weighted by atomic mass is 35.5. The van der Waals surface area contributed by atoms with E-state index in [2.05, 4.69) is 17.0 Å². The van der Waals surface area contributed by atoms with Gasteiger partial charge >= 0.3 is 0 Å². The molecule has 0 spiro atoms. The second-order valence-electron chi connectivity index (χ2n) is 7.31. The molecule has 162 valence electrons. The summed E-state index contributed by atoms with van der Waals surface area (Å²) < 4.78 is 5.40. The maximum atomic E-state index is 13.2. The third-order valence-electron chi connectivity index (χ3n) is 5.29. The number of rotatable bonds is 8. The van der Waals surface area contributed by atoms with Crippen LogP contribution < -0.4 is 21.1 Å². The van der Waals surface area contributed by atoms with Crippen molar-refractivity contribution in [3.8, 4) is 5.75 Å². The molecule has 8 heteroatoms. The molecule has 2 amide bonds. The molecule has 7 nitrogen and oxygen atoms in total. The number of amides is 2. The van der Waals surface area contributed by atoms with Crippen molar-refractivity contribution in [1.29, 1.82) is 0 Å². The maximum absolute atomic E-state index is 13.2. The first kappa shape index (κ1) is 23.7. The third kappa shape index (κ3) is 5.72. The van der Waals surface area contributed by atoms with E-state index in [-0.39, 0.29) is 49.8 Å². The van der Waals surface area contributed by atoms with E-state index in [0.717, 1.165) is 0 Å². The molecule has 0 aliphatic carbocycles. The number of anilines is 1. The Morgan fingerprint density at radius 3 is 2.43 bits per heavy atom. The monoisotopic (exact) mass is 432 g/mol. The van der Waals surface area contributed by atoms with Gasteiger partial charge in [0.05, 0.1) is 19.3 Å². The molecule has 0 saturated carbocycles. The van der Waals surface area contributed by atoms with Crippen molar-refractivity contribution < 1.29 is 14.3 Å². The molecule has 0 bridgehead atoms. The number of benzene rings is 2. The van der Waals surface area contributed by atoms with E-state index in [4.69, 9.17) is 16.2 Å². The minimum absolute atomic E-state index is 0. The number of methoxy groups -OCH3 is 1. The fraction of sp³-hybridized carbons (Fsp3) is 0.364. The van der Waals surface area contributed by atoms with Crippen molar-refractivity contribution in [3.63, 3.8) is 0 Å². The van der Waals surface area contributed by atoms with Crippen LogP contribution in [0.1, 0.15) is 17.9 Å². The number of halogens is 1. The molecule has 0 radical (unpaired) electrons. The molecule has 0 aromatic heterocycles. The summed E-state index contributed by atoms with van der Waals surface area (Å²) in [5, 5.41) is 0. The number of nitrogens with two attached hydrogens (primary N) is 2. The van der Waals surface area contributed by atoms with Gasteiger partial charge in [0, 0.05) is 38.0 Å². The van der Waals surface area contributed by atoms with Crippen molar-refractivity contribution in [2.75, 3.05) is 38.2 Å². The van der Waals surface area contributed by atoms with Gasteiger partial charge in [-0.05, 0) is 17.7 Å². The van der Waals surface area contributed by atoms with Crippen LogP contribution in [-0.4, -0.2) is 56.0 Å². The summed E-state index contributed by atoms with van der Waals surface area (Å²) in [6.45, 7) is 1.78. The van der Waals surface area contributed by atoms with Gasteiger partial charge in [0.15, 0.2) is 0 Å². The molecule has 1 fully saturated rings. The number of hydrogen-bond donors (Lipinski definition) is 2. The Kier molecular flexibility index (Phi) is 8.65. The first-order chi connectivity index (χ1) is 14.0. The molecular weight excluding hydrogens is 404 g/mol. The van der Waals surface area contributed by atoms with Gasteiger partial charge in [-0.15, -0.1) is 12.4 Å². The van der Waals surface area contributed by atoms with Gasteiger partial charge in [0.2, 0.25) is 11.8 Å². The predicted octanol–water partition coefficient (Wildman–Crippen LogP) is 1.75. The molecule has 2 aromatic rings. The van der Waals surface area contributed by atoms with Crippen molar-refractivity contribution in [2.24, 2.45) is 11.5 Å². The third-order valence-corrected chi connectivity index (χ3v) is 5.29. The summed E-state index contributed by atoms with van der Waals surface area (Å²) in [4.78, 5) is 28.1. The predicted molar refractivity (Wildman–Crippen MR) is 120 cm³/mol. The molecule has 4 N–H and O–H groups in total. The Morgan fingerprint density at radius 1 is 1.10 bits per heavy atom. The first-order valence-corrected chi connectivity index (χ1v) is 9.74. The standard InChI is InChI=1S/C22H28N4O3.ClH/c1-29-20-10-6-5-9-19(20)26(12-11-21(24)27)22(28)15-25-13-17(18(23)14-25)16-7-3-2-4-8-16;/h2-10,17-18H,11-15,23H2,1H3,(H2,24,27);1H/t17-,18+;/m0./s1. The highest BCUT2D eigenvalue weighted by Gasteiger charge is 2.33. The van der Waals surface area contributed by atoms with Gasteiger partial charge in [0.25, 0.3) is 0 Å². The normalized spacial score (nSPS) is 18.5. The zero-order valence-corrected chi connectivity index (χ0v) is 17.9. The van der Waals surface area contributed by atoms with Gasteiger partial charge < -0.3 is 21.1 Å². The molecule has 1 saturated heterocycles. The van der Waals surface area contributed by atoms with Crippen LogP contribution in [0.4, 0.5) is 5.69 Å². The van der Waals surface area contributed by atoms with Gasteiger partial charge in [0.1, 0.15) is 5.75 Å². The van der Waals surface area contributed by atoms with Crippen LogP contribution in [0.25, 0.3) is 0 Å². The van der Waals surface area contributed by atoms with Crippen molar-refractivity contribution >= 4 is 29.9 Å². The van der Waals surface area contributed by atoms with Crippen molar-refractivity contribution in [1.82, 2.24) is 4.90 Å². The highest BCUT2D eigenvalue weighted by molar-refractivity contribution is 5.96. The quantitative estimate of drug-likeness (QED) is 0.661. The summed E-state index contributed by atoms with van der Waals surface area (Å²) in [6.07, 6.45) is 0.0793. The van der Waals surface area contributed by atoms with Crippen LogP contribution in [-0.2, 0) is 9.59 Å². The number of hydrogen-bond acceptors (Lipinski definition) is 5. The van der Waals surface area contributed by atoms with Crippen LogP contribution in [0, 0.1) is 0 Å². The maximum Gasteiger partial charge on any atom is 0.241 e. The van der Waals surface area contributed by atoms with E-state index in [1.165, 1.54) is 5.56 Å². The van der Waals surface area contributed by atoms with Gasteiger partial charge in [-0.3, -0.25) is 14.5 Å². The number of primary amides is 1. The van der Waals surface area contributed by atoms with Gasteiger partial charge in [-0.2, -0.15) is 0 Å². The second-order valence-corrected chi connectivity index (χ2v) is 7.31. The lowest BCUT2D eigenvalue weighted by atomic mass is 9.95. The first-order valence-electron chi connectivity index (χ1n) is 9.74. The van der Waals surface area contributed by atoms with Crippen LogP contribution >= 0.6 is 12.4 Å². The minimum atomic E-state index is -0.454. The lowest BCUT2D eigenvalue weighted by Gasteiger charge is -2.26. The number of carbonyl (C=O) groups excluding carboxylic acids is 2. The minimum Gasteiger partial charge on any atom is -0.495 e. The summed E-state index contributed by atoms with van der Waals surface area (Å²) in [7, 11) is 1.56. The van der Waals surface area contributed by atoms with Crippen molar-refractivity contribution in [3.05, 3.63) is 60.2 Å². The molecular formula is C22H29ClN4O3. The van der Waals surface area contributed by atoms with E-state index < -0.39 is 5.91 Å². The van der Waals surface area contributed by atoms with Crippen molar-refractivity contribution in [2.45, 2.75) is 18.4 Å². The summed E-state index contributed by atoms with van der Waals surface area (Å²) >= 11 is 0. The topological polar surface area (TPSA) is 102 Å². The zero-order valence-electron chi connectivity index (χ0n) is 17.1. The lowest BCUT2D eigenvalue weighted by Crippen LogP contribution is -2.42. The van der Waals surface area contributed by atoms with E-state index in [1.54, 1.807) is 24.1 Å². The Balaban J connectivity index is 0.00000320. The largest absolute Gasteiger partial charge is 0.495 e. The average molecular weight is 433 g/mol. The average Bonchev–Trinajstić information content (AvgIpc) is 3.08. The smallest absolute Gasteiger partial charge is 0.241 e. The number of nitrogens with zero attached hydrogens (tertiary/aromatic N) is 2. The fourth-order valence-corrected chi connectivity index (χ4v) is 3.83. The molecule has 3 rings (SSSR count). The van der Waals surface area contributed by atoms with E-state index in [0.29, 0.717) is 24.5 Å². The van der Waals surface area contributed by atoms with E-state index in [1.807, 2.05) is 30.3 Å². The molecule has 1 heterocycles. The Bertz CT molecular complexity index is 849. The SMILES string of the molecule is COc1ccccc1N(CCC(N)=O)C(=O)CN1C[C@@H](N)[C@H](c2ccccc2)C1.Cl. The summed E-state index contributed by atoms with van der Waals surface area (Å²) in [6, 6.07) is 17.4. The van der Waals surface area contributed by atoms with Crippen LogP contribution in [0.15, 0.2) is 54.6 Å². The zero-order chi connectivity index (χ0) is 20.8. The lowest BCUT2D eigenvalue weighted by molar-refractivity contribution is -0.120. The van der Waals surface area contributed by atoms with E-state index in [9.17, 15) is 9.59 Å². The Morgan fingerprint density at radius 2 is 1.77 bits per heavy atom. The molecule has 0 unspecified atom stereocenters.